The molecule has 1 spiro atoms. The molecule has 3 N–H and O–H groups in total. The van der Waals surface area contributed by atoms with E-state index in [2.05, 4.69) is 19.9 Å². The second-order valence-electron chi connectivity index (χ2n) is 7.04. The summed E-state index contributed by atoms with van der Waals surface area (Å²) in [5.41, 5.74) is 8.79. The molecule has 3 atom stereocenters. The molecule has 5 heteroatoms. The molecule has 1 aromatic carbocycles. The van der Waals surface area contributed by atoms with Gasteiger partial charge in [0.2, 0.25) is 0 Å². The highest BCUT2D eigenvalue weighted by Crippen LogP contribution is 2.48. The molecule has 0 fully saturated rings. The van der Waals surface area contributed by atoms with E-state index in [1.165, 1.54) is 5.56 Å². The zero-order valence-corrected chi connectivity index (χ0v) is 14.6. The summed E-state index contributed by atoms with van der Waals surface area (Å²) in [5, 5.41) is 10.0. The molecule has 0 bridgehead atoms. The SMILES string of the molecule is COc1ccc2c(c1C)[C@@]1(C=C[C@@H](O)C[C@@H]1C)CCN(C(N)=O)C2. The lowest BCUT2D eigenvalue weighted by atomic mass is 9.62. The Balaban J connectivity index is 2.22. The van der Waals surface area contributed by atoms with Crippen molar-refractivity contribution < 1.29 is 14.6 Å². The zero-order valence-electron chi connectivity index (χ0n) is 14.6. The van der Waals surface area contributed by atoms with Crippen LogP contribution in [-0.2, 0) is 12.0 Å². The molecule has 1 heterocycles. The van der Waals surface area contributed by atoms with Crippen LogP contribution in [0.15, 0.2) is 24.3 Å². The van der Waals surface area contributed by atoms with Gasteiger partial charge in [-0.05, 0) is 48.4 Å². The standard InChI is InChI=1S/C19H26N2O3/c1-12-10-15(22)6-7-19(12)8-9-21(18(20)23)11-14-4-5-16(24-3)13(2)17(14)19/h4-7,12,15,22H,8-11H2,1-3H3,(H2,20,23)/t12-,15+,19-/m0/s1. The van der Waals surface area contributed by atoms with E-state index in [1.807, 2.05) is 18.2 Å². The molecule has 1 aliphatic carbocycles. The number of hydrogen-bond donors (Lipinski definition) is 2. The van der Waals surface area contributed by atoms with Gasteiger partial charge in [0.25, 0.3) is 0 Å². The van der Waals surface area contributed by atoms with Crippen LogP contribution in [-0.4, -0.2) is 35.8 Å². The number of nitrogens with zero attached hydrogens (tertiary/aromatic N) is 1. The fraction of sp³-hybridized carbons (Fsp3) is 0.526. The highest BCUT2D eigenvalue weighted by molar-refractivity contribution is 5.72. The van der Waals surface area contributed by atoms with Crippen LogP contribution >= 0.6 is 0 Å². The van der Waals surface area contributed by atoms with Crippen molar-refractivity contribution in [1.29, 1.82) is 0 Å². The highest BCUT2D eigenvalue weighted by atomic mass is 16.5. The van der Waals surface area contributed by atoms with Crippen molar-refractivity contribution in [3.05, 3.63) is 41.0 Å². The first-order valence-electron chi connectivity index (χ1n) is 8.48. The van der Waals surface area contributed by atoms with Crippen LogP contribution in [0.2, 0.25) is 0 Å². The lowest BCUT2D eigenvalue weighted by Crippen LogP contribution is -2.40. The molecule has 0 saturated carbocycles. The van der Waals surface area contributed by atoms with Gasteiger partial charge in [0, 0.05) is 18.5 Å². The van der Waals surface area contributed by atoms with Crippen LogP contribution < -0.4 is 10.5 Å². The topological polar surface area (TPSA) is 75.8 Å². The number of primary amides is 1. The van der Waals surface area contributed by atoms with Gasteiger partial charge in [-0.1, -0.05) is 25.1 Å². The van der Waals surface area contributed by atoms with Crippen molar-refractivity contribution >= 4 is 6.03 Å². The molecule has 1 aliphatic heterocycles. The van der Waals surface area contributed by atoms with Crippen LogP contribution in [0.1, 0.15) is 36.5 Å². The number of carbonyl (C=O) groups excluding carboxylic acids is 1. The third-order valence-corrected chi connectivity index (χ3v) is 5.75. The minimum atomic E-state index is -0.407. The molecule has 2 amide bonds. The Bertz CT molecular complexity index is 685. The Morgan fingerprint density at radius 2 is 2.21 bits per heavy atom. The molecule has 0 radical (unpaired) electrons. The Morgan fingerprint density at radius 3 is 2.83 bits per heavy atom. The largest absolute Gasteiger partial charge is 0.496 e. The molecule has 24 heavy (non-hydrogen) atoms. The molecule has 3 rings (SSSR count). The first-order chi connectivity index (χ1) is 11.4. The molecule has 130 valence electrons. The van der Waals surface area contributed by atoms with Gasteiger partial charge in [-0.15, -0.1) is 0 Å². The summed E-state index contributed by atoms with van der Waals surface area (Å²) in [6.07, 6.45) is 5.13. The minimum Gasteiger partial charge on any atom is -0.496 e. The number of aliphatic hydroxyl groups excluding tert-OH is 1. The maximum atomic E-state index is 11.8. The second-order valence-corrected chi connectivity index (χ2v) is 7.04. The minimum absolute atomic E-state index is 0.211. The molecule has 0 unspecified atom stereocenters. The molecule has 0 aromatic heterocycles. The first kappa shape index (κ1) is 16.8. The summed E-state index contributed by atoms with van der Waals surface area (Å²) < 4.78 is 5.54. The summed E-state index contributed by atoms with van der Waals surface area (Å²) in [7, 11) is 1.68. The molecule has 0 saturated heterocycles. The van der Waals surface area contributed by atoms with E-state index in [-0.39, 0.29) is 17.4 Å². The summed E-state index contributed by atoms with van der Waals surface area (Å²) in [6.45, 7) is 5.37. The predicted molar refractivity (Wildman–Crippen MR) is 92.9 cm³/mol. The van der Waals surface area contributed by atoms with Gasteiger partial charge in [0.15, 0.2) is 0 Å². The van der Waals surface area contributed by atoms with Gasteiger partial charge in [0.05, 0.1) is 13.2 Å². The van der Waals surface area contributed by atoms with Crippen molar-refractivity contribution in [3.8, 4) is 5.75 Å². The van der Waals surface area contributed by atoms with Crippen LogP contribution in [0.3, 0.4) is 0 Å². The first-order valence-corrected chi connectivity index (χ1v) is 8.48. The zero-order chi connectivity index (χ0) is 17.5. The third-order valence-electron chi connectivity index (χ3n) is 5.75. The molecule has 2 aliphatic rings. The number of methoxy groups -OCH3 is 1. The number of allylic oxidation sites excluding steroid dienone is 1. The summed E-state index contributed by atoms with van der Waals surface area (Å²) in [5.74, 6) is 1.11. The number of carbonyl (C=O) groups is 1. The number of aliphatic hydroxyl groups is 1. The van der Waals surface area contributed by atoms with Crippen molar-refractivity contribution in [2.75, 3.05) is 13.7 Å². The number of hydrogen-bond acceptors (Lipinski definition) is 3. The normalized spacial score (nSPS) is 29.2. The van der Waals surface area contributed by atoms with Gasteiger partial charge >= 0.3 is 6.03 Å². The number of benzene rings is 1. The Hall–Kier alpha value is -2.01. The molecular weight excluding hydrogens is 304 g/mol. The van der Waals surface area contributed by atoms with Crippen LogP contribution in [0, 0.1) is 12.8 Å². The van der Waals surface area contributed by atoms with E-state index >= 15 is 0 Å². The quantitative estimate of drug-likeness (QED) is 0.777. The lowest BCUT2D eigenvalue weighted by Gasteiger charge is -2.42. The fourth-order valence-electron chi connectivity index (χ4n) is 4.42. The van der Waals surface area contributed by atoms with Crippen LogP contribution in [0.25, 0.3) is 0 Å². The van der Waals surface area contributed by atoms with Gasteiger partial charge in [-0.2, -0.15) is 0 Å². The van der Waals surface area contributed by atoms with Gasteiger partial charge in [0.1, 0.15) is 5.75 Å². The summed E-state index contributed by atoms with van der Waals surface area (Å²) in [4.78, 5) is 13.5. The Kier molecular flexibility index (Phi) is 4.30. The third kappa shape index (κ3) is 2.57. The van der Waals surface area contributed by atoms with E-state index < -0.39 is 6.10 Å². The van der Waals surface area contributed by atoms with E-state index in [4.69, 9.17) is 10.5 Å². The molecular formula is C19H26N2O3. The number of ether oxygens (including phenoxy) is 1. The summed E-state index contributed by atoms with van der Waals surface area (Å²) in [6, 6.07) is 3.60. The predicted octanol–water partition coefficient (Wildman–Crippen LogP) is 2.48. The molecule has 1 aromatic rings. The number of rotatable bonds is 1. The Morgan fingerprint density at radius 1 is 1.46 bits per heavy atom. The average Bonchev–Trinajstić information content (AvgIpc) is 2.70. The van der Waals surface area contributed by atoms with E-state index in [9.17, 15) is 9.90 Å². The van der Waals surface area contributed by atoms with Crippen molar-refractivity contribution in [3.63, 3.8) is 0 Å². The number of amides is 2. The maximum absolute atomic E-state index is 11.8. The number of fused-ring (bicyclic) bond motifs is 2. The van der Waals surface area contributed by atoms with Crippen LogP contribution in [0.5, 0.6) is 5.75 Å². The fourth-order valence-corrected chi connectivity index (χ4v) is 4.42. The lowest BCUT2D eigenvalue weighted by molar-refractivity contribution is 0.145. The van der Waals surface area contributed by atoms with E-state index in [0.717, 1.165) is 23.3 Å². The van der Waals surface area contributed by atoms with Gasteiger partial charge < -0.3 is 20.5 Å². The highest BCUT2D eigenvalue weighted by Gasteiger charge is 2.43. The average molecular weight is 330 g/mol. The second kappa shape index (κ2) is 6.13. The van der Waals surface area contributed by atoms with Gasteiger partial charge in [-0.3, -0.25) is 0 Å². The number of urea groups is 1. The van der Waals surface area contributed by atoms with Crippen molar-refractivity contribution in [2.45, 2.75) is 44.8 Å². The monoisotopic (exact) mass is 330 g/mol. The Labute approximate surface area is 143 Å². The number of nitrogens with two attached hydrogens (primary N) is 1. The molecule has 5 nitrogen and oxygen atoms in total. The van der Waals surface area contributed by atoms with Crippen molar-refractivity contribution in [2.24, 2.45) is 11.7 Å². The van der Waals surface area contributed by atoms with Gasteiger partial charge in [-0.25, -0.2) is 4.79 Å². The van der Waals surface area contributed by atoms with E-state index in [1.54, 1.807) is 12.0 Å². The maximum Gasteiger partial charge on any atom is 0.315 e. The smallest absolute Gasteiger partial charge is 0.315 e. The van der Waals surface area contributed by atoms with Crippen molar-refractivity contribution in [1.82, 2.24) is 4.90 Å². The van der Waals surface area contributed by atoms with E-state index in [0.29, 0.717) is 19.5 Å². The van der Waals surface area contributed by atoms with Crippen LogP contribution in [0.4, 0.5) is 4.79 Å². The summed E-state index contributed by atoms with van der Waals surface area (Å²) >= 11 is 0.